The molecule has 0 heterocycles. The van der Waals surface area contributed by atoms with Gasteiger partial charge in [0.25, 0.3) is 0 Å². The molecule has 0 spiro atoms. The van der Waals surface area contributed by atoms with Gasteiger partial charge in [-0.2, -0.15) is 0 Å². The molecule has 4 heteroatoms. The first-order valence-electron chi connectivity index (χ1n) is 6.84. The fourth-order valence-corrected chi connectivity index (χ4v) is 2.99. The second-order valence-electron chi connectivity index (χ2n) is 6.31. The summed E-state index contributed by atoms with van der Waals surface area (Å²) in [4.78, 5) is 0. The predicted octanol–water partition coefficient (Wildman–Crippen LogP) is 3.69. The van der Waals surface area contributed by atoms with E-state index in [1.165, 1.54) is 12.1 Å². The molecule has 1 aliphatic carbocycles. The fourth-order valence-electron chi connectivity index (χ4n) is 2.99. The molecule has 0 aromatic heterocycles. The molecular weight excluding hydrogens is 246 g/mol. The van der Waals surface area contributed by atoms with Gasteiger partial charge in [-0.05, 0) is 55.2 Å². The van der Waals surface area contributed by atoms with Crippen LogP contribution in [0.3, 0.4) is 0 Å². The van der Waals surface area contributed by atoms with Crippen molar-refractivity contribution in [3.05, 3.63) is 35.4 Å². The summed E-state index contributed by atoms with van der Waals surface area (Å²) in [5, 5.41) is 0. The van der Waals surface area contributed by atoms with Crippen LogP contribution in [0.1, 0.15) is 51.1 Å². The van der Waals surface area contributed by atoms with Gasteiger partial charge in [0, 0.05) is 5.56 Å². The molecule has 1 atom stereocenters. The van der Waals surface area contributed by atoms with Crippen LogP contribution in [0.25, 0.3) is 0 Å². The molecule has 1 aliphatic rings. The van der Waals surface area contributed by atoms with Crippen LogP contribution in [0, 0.1) is 23.0 Å². The summed E-state index contributed by atoms with van der Waals surface area (Å²) < 4.78 is 27.2. The average molecular weight is 268 g/mol. The van der Waals surface area contributed by atoms with Crippen molar-refractivity contribution < 1.29 is 8.78 Å². The molecule has 1 aromatic rings. The molecule has 0 aliphatic heterocycles. The maximum Gasteiger partial charge on any atom is 0.128 e. The van der Waals surface area contributed by atoms with E-state index >= 15 is 0 Å². The maximum atomic E-state index is 13.9. The zero-order chi connectivity index (χ0) is 14.0. The lowest BCUT2D eigenvalue weighted by atomic mass is 9.70. The number of hydrazine groups is 1. The van der Waals surface area contributed by atoms with Crippen LogP contribution in [-0.2, 0) is 0 Å². The first-order valence-corrected chi connectivity index (χ1v) is 6.84. The molecule has 19 heavy (non-hydrogen) atoms. The molecule has 0 bridgehead atoms. The second kappa shape index (κ2) is 5.55. The van der Waals surface area contributed by atoms with Gasteiger partial charge in [0.15, 0.2) is 0 Å². The molecule has 0 radical (unpaired) electrons. The average Bonchev–Trinajstić information content (AvgIpc) is 2.36. The largest absolute Gasteiger partial charge is 0.271 e. The summed E-state index contributed by atoms with van der Waals surface area (Å²) in [5.74, 6) is 5.02. The first-order chi connectivity index (χ1) is 8.93. The van der Waals surface area contributed by atoms with Gasteiger partial charge in [-0.1, -0.05) is 13.8 Å². The highest BCUT2D eigenvalue weighted by Crippen LogP contribution is 2.42. The normalized spacial score (nSPS) is 21.3. The van der Waals surface area contributed by atoms with Crippen LogP contribution in [0.2, 0.25) is 0 Å². The van der Waals surface area contributed by atoms with E-state index in [1.807, 2.05) is 0 Å². The minimum Gasteiger partial charge on any atom is -0.271 e. The van der Waals surface area contributed by atoms with Crippen LogP contribution in [0.15, 0.2) is 18.2 Å². The zero-order valence-corrected chi connectivity index (χ0v) is 11.5. The SMILES string of the molecule is CC1(C)CCC(C(NN)c2cc(F)ccc2F)CC1. The smallest absolute Gasteiger partial charge is 0.128 e. The minimum absolute atomic E-state index is 0.259. The molecule has 0 amide bonds. The van der Waals surface area contributed by atoms with Crippen LogP contribution in [0.4, 0.5) is 8.78 Å². The molecular formula is C15H22F2N2. The quantitative estimate of drug-likeness (QED) is 0.648. The van der Waals surface area contributed by atoms with E-state index in [4.69, 9.17) is 5.84 Å². The fraction of sp³-hybridized carbons (Fsp3) is 0.600. The highest BCUT2D eigenvalue weighted by atomic mass is 19.1. The lowest BCUT2D eigenvalue weighted by Gasteiger charge is -2.38. The first kappa shape index (κ1) is 14.4. The van der Waals surface area contributed by atoms with Crippen molar-refractivity contribution in [3.8, 4) is 0 Å². The number of hydrogen-bond donors (Lipinski definition) is 2. The Morgan fingerprint density at radius 3 is 2.47 bits per heavy atom. The summed E-state index contributed by atoms with van der Waals surface area (Å²) in [6, 6.07) is 3.24. The zero-order valence-electron chi connectivity index (χ0n) is 11.5. The summed E-state index contributed by atoms with van der Waals surface area (Å²) >= 11 is 0. The van der Waals surface area contributed by atoms with Gasteiger partial charge in [0.2, 0.25) is 0 Å². The van der Waals surface area contributed by atoms with E-state index in [9.17, 15) is 8.78 Å². The molecule has 2 rings (SSSR count). The third kappa shape index (κ3) is 3.31. The highest BCUT2D eigenvalue weighted by Gasteiger charge is 2.32. The van der Waals surface area contributed by atoms with Gasteiger partial charge in [0.05, 0.1) is 6.04 Å². The van der Waals surface area contributed by atoms with Crippen molar-refractivity contribution in [3.63, 3.8) is 0 Å². The Morgan fingerprint density at radius 2 is 1.89 bits per heavy atom. The Bertz CT molecular complexity index is 436. The standard InChI is InChI=1S/C15H22F2N2/c1-15(2)7-5-10(6-8-15)14(19-18)12-9-11(16)3-4-13(12)17/h3-4,9-10,14,19H,5-8,18H2,1-2H3. The predicted molar refractivity (Wildman–Crippen MR) is 72.2 cm³/mol. The van der Waals surface area contributed by atoms with Gasteiger partial charge >= 0.3 is 0 Å². The van der Waals surface area contributed by atoms with Gasteiger partial charge < -0.3 is 0 Å². The molecule has 1 unspecified atom stereocenters. The molecule has 3 N–H and O–H groups in total. The molecule has 0 saturated heterocycles. The lowest BCUT2D eigenvalue weighted by Crippen LogP contribution is -2.37. The van der Waals surface area contributed by atoms with Crippen LogP contribution in [0.5, 0.6) is 0 Å². The Hall–Kier alpha value is -1.00. The highest BCUT2D eigenvalue weighted by molar-refractivity contribution is 5.23. The molecule has 2 nitrogen and oxygen atoms in total. The number of benzene rings is 1. The summed E-state index contributed by atoms with van der Waals surface area (Å²) in [5.41, 5.74) is 3.36. The van der Waals surface area contributed by atoms with Crippen LogP contribution >= 0.6 is 0 Å². The van der Waals surface area contributed by atoms with Crippen molar-refractivity contribution in [2.24, 2.45) is 17.2 Å². The van der Waals surface area contributed by atoms with E-state index in [0.717, 1.165) is 31.7 Å². The number of nitrogens with two attached hydrogens (primary N) is 1. The Morgan fingerprint density at radius 1 is 1.26 bits per heavy atom. The van der Waals surface area contributed by atoms with Crippen molar-refractivity contribution in [1.29, 1.82) is 0 Å². The third-order valence-electron chi connectivity index (χ3n) is 4.33. The second-order valence-corrected chi connectivity index (χ2v) is 6.31. The molecule has 1 saturated carbocycles. The number of hydrogen-bond acceptors (Lipinski definition) is 2. The van der Waals surface area contributed by atoms with E-state index in [1.54, 1.807) is 0 Å². The molecule has 1 aromatic carbocycles. The van der Waals surface area contributed by atoms with Gasteiger partial charge in [-0.15, -0.1) is 0 Å². The summed E-state index contributed by atoms with van der Waals surface area (Å²) in [7, 11) is 0. The van der Waals surface area contributed by atoms with Crippen LogP contribution in [-0.4, -0.2) is 0 Å². The van der Waals surface area contributed by atoms with E-state index in [2.05, 4.69) is 19.3 Å². The maximum absolute atomic E-state index is 13.9. The van der Waals surface area contributed by atoms with E-state index < -0.39 is 11.6 Å². The minimum atomic E-state index is -0.423. The Kier molecular flexibility index (Phi) is 4.21. The van der Waals surface area contributed by atoms with Crippen molar-refractivity contribution >= 4 is 0 Å². The van der Waals surface area contributed by atoms with Crippen LogP contribution < -0.4 is 11.3 Å². The van der Waals surface area contributed by atoms with Gasteiger partial charge in [0.1, 0.15) is 11.6 Å². The van der Waals surface area contributed by atoms with E-state index in [-0.39, 0.29) is 12.0 Å². The summed E-state index contributed by atoms with van der Waals surface area (Å²) in [6.07, 6.45) is 4.15. The summed E-state index contributed by atoms with van der Waals surface area (Å²) in [6.45, 7) is 4.49. The lowest BCUT2D eigenvalue weighted by molar-refractivity contribution is 0.160. The van der Waals surface area contributed by atoms with Crippen molar-refractivity contribution in [2.75, 3.05) is 0 Å². The third-order valence-corrected chi connectivity index (χ3v) is 4.33. The van der Waals surface area contributed by atoms with Gasteiger partial charge in [-0.3, -0.25) is 11.3 Å². The van der Waals surface area contributed by atoms with Crippen molar-refractivity contribution in [1.82, 2.24) is 5.43 Å². The Labute approximate surface area is 113 Å². The topological polar surface area (TPSA) is 38.0 Å². The molecule has 106 valence electrons. The van der Waals surface area contributed by atoms with Crippen molar-refractivity contribution in [2.45, 2.75) is 45.6 Å². The number of rotatable bonds is 3. The number of halogens is 2. The van der Waals surface area contributed by atoms with Gasteiger partial charge in [-0.25, -0.2) is 8.78 Å². The molecule has 1 fully saturated rings. The van der Waals surface area contributed by atoms with E-state index in [0.29, 0.717) is 11.0 Å². The Balaban J connectivity index is 2.18. The number of nitrogens with one attached hydrogen (secondary N) is 1. The monoisotopic (exact) mass is 268 g/mol.